The van der Waals surface area contributed by atoms with Crippen LogP contribution in [0.3, 0.4) is 0 Å². The van der Waals surface area contributed by atoms with E-state index in [0.717, 1.165) is 38.5 Å². The fraction of sp³-hybridized carbons (Fsp3) is 0.929. The lowest BCUT2D eigenvalue weighted by Gasteiger charge is -2.32. The van der Waals surface area contributed by atoms with Gasteiger partial charge >= 0.3 is 5.97 Å². The number of halogens is 1. The molecule has 0 amide bonds. The van der Waals surface area contributed by atoms with E-state index in [4.69, 9.17) is 9.84 Å². The summed E-state index contributed by atoms with van der Waals surface area (Å²) >= 11 is 0. The number of carboxylic acid groups (broad SMARTS) is 1. The fourth-order valence-corrected chi connectivity index (χ4v) is 3.00. The van der Waals surface area contributed by atoms with Crippen LogP contribution in [0.15, 0.2) is 0 Å². The van der Waals surface area contributed by atoms with E-state index in [2.05, 4.69) is 4.90 Å². The molecule has 2 aliphatic rings. The molecule has 2 rings (SSSR count). The highest BCUT2D eigenvalue weighted by Gasteiger charge is 2.22. The summed E-state index contributed by atoms with van der Waals surface area (Å²) in [7, 11) is 0. The monoisotopic (exact) mass is 291 g/mol. The van der Waals surface area contributed by atoms with E-state index in [0.29, 0.717) is 12.6 Å². The molecular formula is C14H26ClNO3. The average molecular weight is 292 g/mol. The lowest BCUT2D eigenvalue weighted by atomic mass is 10.1. The highest BCUT2D eigenvalue weighted by atomic mass is 35.5. The molecule has 0 aromatic rings. The van der Waals surface area contributed by atoms with Gasteiger partial charge in [-0.15, -0.1) is 12.4 Å². The Hall–Kier alpha value is -0.320. The summed E-state index contributed by atoms with van der Waals surface area (Å²) in [5.41, 5.74) is 0. The van der Waals surface area contributed by atoms with Gasteiger partial charge in [-0.25, -0.2) is 0 Å². The summed E-state index contributed by atoms with van der Waals surface area (Å²) in [6.07, 6.45) is 8.23. The maximum atomic E-state index is 10.5. The molecule has 19 heavy (non-hydrogen) atoms. The van der Waals surface area contributed by atoms with Crippen LogP contribution in [0.4, 0.5) is 0 Å². The SMILES string of the molecule is Cl.O=C(O)CCN1CCC(OCC2CCCC2)CC1. The van der Waals surface area contributed by atoms with Crippen molar-refractivity contribution >= 4 is 18.4 Å². The zero-order valence-corrected chi connectivity index (χ0v) is 12.4. The molecule has 1 N–H and O–H groups in total. The lowest BCUT2D eigenvalue weighted by molar-refractivity contribution is -0.137. The number of likely N-dealkylation sites (tertiary alicyclic amines) is 1. The summed E-state index contributed by atoms with van der Waals surface area (Å²) in [4.78, 5) is 12.7. The number of hydrogen-bond donors (Lipinski definition) is 1. The van der Waals surface area contributed by atoms with Gasteiger partial charge in [0.05, 0.1) is 12.5 Å². The number of carbonyl (C=O) groups is 1. The molecule has 0 spiro atoms. The Morgan fingerprint density at radius 3 is 2.37 bits per heavy atom. The van der Waals surface area contributed by atoms with Crippen LogP contribution in [0, 0.1) is 5.92 Å². The minimum absolute atomic E-state index is 0. The molecule has 2 fully saturated rings. The molecule has 4 nitrogen and oxygen atoms in total. The molecule has 0 unspecified atom stereocenters. The number of carboxylic acids is 1. The van der Waals surface area contributed by atoms with E-state index in [1.807, 2.05) is 0 Å². The van der Waals surface area contributed by atoms with Gasteiger partial charge in [-0.3, -0.25) is 4.79 Å². The van der Waals surface area contributed by atoms with Gasteiger partial charge in [-0.2, -0.15) is 0 Å². The second kappa shape index (κ2) is 8.77. The van der Waals surface area contributed by atoms with Crippen molar-refractivity contribution in [1.82, 2.24) is 4.90 Å². The van der Waals surface area contributed by atoms with Crippen molar-refractivity contribution in [3.63, 3.8) is 0 Å². The Morgan fingerprint density at radius 1 is 1.16 bits per heavy atom. The molecule has 1 saturated carbocycles. The van der Waals surface area contributed by atoms with Crippen LogP contribution in [0.5, 0.6) is 0 Å². The second-order valence-corrected chi connectivity index (χ2v) is 5.67. The van der Waals surface area contributed by atoms with E-state index in [1.54, 1.807) is 0 Å². The number of aliphatic carboxylic acids is 1. The van der Waals surface area contributed by atoms with Crippen molar-refractivity contribution in [3.8, 4) is 0 Å². The molecule has 1 heterocycles. The first-order valence-corrected chi connectivity index (χ1v) is 7.30. The quantitative estimate of drug-likeness (QED) is 0.817. The molecule has 5 heteroatoms. The molecule has 0 atom stereocenters. The first-order chi connectivity index (χ1) is 8.74. The summed E-state index contributed by atoms with van der Waals surface area (Å²) in [5, 5.41) is 8.65. The Bertz CT molecular complexity index is 261. The minimum atomic E-state index is -0.699. The minimum Gasteiger partial charge on any atom is -0.481 e. The number of hydrogen-bond acceptors (Lipinski definition) is 3. The lowest BCUT2D eigenvalue weighted by Crippen LogP contribution is -2.38. The Kier molecular flexibility index (Phi) is 7.73. The van der Waals surface area contributed by atoms with Crippen LogP contribution < -0.4 is 0 Å². The topological polar surface area (TPSA) is 49.8 Å². The van der Waals surface area contributed by atoms with Crippen molar-refractivity contribution in [2.45, 2.75) is 51.0 Å². The van der Waals surface area contributed by atoms with E-state index >= 15 is 0 Å². The van der Waals surface area contributed by atoms with E-state index in [-0.39, 0.29) is 18.8 Å². The molecule has 1 saturated heterocycles. The zero-order valence-electron chi connectivity index (χ0n) is 11.6. The van der Waals surface area contributed by atoms with Gasteiger partial charge in [-0.05, 0) is 31.6 Å². The Morgan fingerprint density at radius 2 is 1.79 bits per heavy atom. The second-order valence-electron chi connectivity index (χ2n) is 5.67. The van der Waals surface area contributed by atoms with Crippen molar-refractivity contribution < 1.29 is 14.6 Å². The number of rotatable bonds is 6. The van der Waals surface area contributed by atoms with Crippen LogP contribution in [0.1, 0.15) is 44.9 Å². The van der Waals surface area contributed by atoms with Gasteiger partial charge in [-0.1, -0.05) is 12.8 Å². The van der Waals surface area contributed by atoms with Crippen molar-refractivity contribution in [3.05, 3.63) is 0 Å². The number of nitrogens with zero attached hydrogens (tertiary/aromatic N) is 1. The standard InChI is InChI=1S/C14H25NO3.ClH/c16-14(17)7-10-15-8-5-13(6-9-15)18-11-12-3-1-2-4-12;/h12-13H,1-11H2,(H,16,17);1H. The smallest absolute Gasteiger partial charge is 0.304 e. The van der Waals surface area contributed by atoms with Crippen LogP contribution in [-0.4, -0.2) is 48.3 Å². The van der Waals surface area contributed by atoms with Gasteiger partial charge < -0.3 is 14.7 Å². The highest BCUT2D eigenvalue weighted by Crippen LogP contribution is 2.26. The summed E-state index contributed by atoms with van der Waals surface area (Å²) in [6.45, 7) is 3.61. The molecule has 0 aromatic heterocycles. The van der Waals surface area contributed by atoms with Gasteiger partial charge in [0.2, 0.25) is 0 Å². The molecule has 1 aliphatic heterocycles. The highest BCUT2D eigenvalue weighted by molar-refractivity contribution is 5.85. The fourth-order valence-electron chi connectivity index (χ4n) is 3.00. The third kappa shape index (κ3) is 6.11. The molecule has 0 aromatic carbocycles. The van der Waals surface area contributed by atoms with E-state index < -0.39 is 5.97 Å². The van der Waals surface area contributed by atoms with Crippen LogP contribution in [0.25, 0.3) is 0 Å². The Labute approximate surface area is 121 Å². The normalized spacial score (nSPS) is 22.3. The summed E-state index contributed by atoms with van der Waals surface area (Å²) < 4.78 is 6.00. The maximum Gasteiger partial charge on any atom is 0.304 e. The van der Waals surface area contributed by atoms with E-state index in [9.17, 15) is 4.79 Å². The summed E-state index contributed by atoms with van der Waals surface area (Å²) in [5.74, 6) is 0.102. The largest absolute Gasteiger partial charge is 0.481 e. The van der Waals surface area contributed by atoms with Crippen LogP contribution >= 0.6 is 12.4 Å². The molecule has 0 bridgehead atoms. The van der Waals surface area contributed by atoms with Crippen molar-refractivity contribution in [2.24, 2.45) is 5.92 Å². The summed E-state index contributed by atoms with van der Waals surface area (Å²) in [6, 6.07) is 0. The third-order valence-electron chi connectivity index (χ3n) is 4.22. The van der Waals surface area contributed by atoms with Gasteiger partial charge in [0.25, 0.3) is 0 Å². The molecule has 1 aliphatic carbocycles. The van der Waals surface area contributed by atoms with Crippen molar-refractivity contribution in [2.75, 3.05) is 26.2 Å². The molecular weight excluding hydrogens is 266 g/mol. The Balaban J connectivity index is 0.00000180. The van der Waals surface area contributed by atoms with Gasteiger partial charge in [0.15, 0.2) is 0 Å². The first-order valence-electron chi connectivity index (χ1n) is 7.30. The average Bonchev–Trinajstić information content (AvgIpc) is 2.88. The maximum absolute atomic E-state index is 10.5. The first kappa shape index (κ1) is 16.7. The third-order valence-corrected chi connectivity index (χ3v) is 4.22. The molecule has 112 valence electrons. The predicted octanol–water partition coefficient (Wildman–Crippen LogP) is 2.55. The predicted molar refractivity (Wildman–Crippen MR) is 76.9 cm³/mol. The van der Waals surface area contributed by atoms with Crippen LogP contribution in [-0.2, 0) is 9.53 Å². The van der Waals surface area contributed by atoms with Gasteiger partial charge in [0.1, 0.15) is 0 Å². The van der Waals surface area contributed by atoms with Crippen LogP contribution in [0.2, 0.25) is 0 Å². The zero-order chi connectivity index (χ0) is 12.8. The molecule has 0 radical (unpaired) electrons. The van der Waals surface area contributed by atoms with E-state index in [1.165, 1.54) is 25.7 Å². The van der Waals surface area contributed by atoms with Gasteiger partial charge in [0, 0.05) is 26.2 Å². The number of piperidine rings is 1. The van der Waals surface area contributed by atoms with Crippen molar-refractivity contribution in [1.29, 1.82) is 0 Å². The number of ether oxygens (including phenoxy) is 1.